The first kappa shape index (κ1) is 52.4. The molecule has 0 aromatic heterocycles. The first-order valence-corrected chi connectivity index (χ1v) is 28.7. The maximum atomic E-state index is 11.1. The number of hydrogen-bond acceptors (Lipinski definition) is 8. The van der Waals surface area contributed by atoms with Crippen molar-refractivity contribution in [2.75, 3.05) is 33.8 Å². The number of anilines is 12. The highest BCUT2D eigenvalue weighted by Gasteiger charge is 2.53. The second-order valence-corrected chi connectivity index (χ2v) is 21.3. The molecule has 0 atom stereocenters. The monoisotopic (exact) mass is 1100 g/mol. The molecule has 8 nitrogen and oxygen atoms in total. The van der Waals surface area contributed by atoms with E-state index in [1.165, 1.54) is 0 Å². The molecule has 0 fully saturated rings. The fourth-order valence-electron chi connectivity index (χ4n) is 13.1. The Hall–Kier alpha value is -10.6. The van der Waals surface area contributed by atoms with Gasteiger partial charge in [0.1, 0.15) is 11.5 Å². The van der Waals surface area contributed by atoms with E-state index in [2.05, 4.69) is 238 Å². The summed E-state index contributed by atoms with van der Waals surface area (Å²) in [6, 6.07) is 102. The van der Waals surface area contributed by atoms with Gasteiger partial charge >= 0.3 is 0 Å². The van der Waals surface area contributed by atoms with Crippen molar-refractivity contribution in [1.82, 2.24) is 0 Å². The van der Waals surface area contributed by atoms with Gasteiger partial charge in [-0.3, -0.25) is 0 Å². The first-order valence-electron chi connectivity index (χ1n) is 28.7. The Kier molecular flexibility index (Phi) is 13.7. The van der Waals surface area contributed by atoms with Gasteiger partial charge in [-0.05, 0) is 178 Å². The average Bonchev–Trinajstić information content (AvgIpc) is 1.85. The van der Waals surface area contributed by atoms with Gasteiger partial charge in [0.2, 0.25) is 0 Å². The lowest BCUT2D eigenvalue weighted by molar-refractivity contribution is 0.282. The molecule has 2 aliphatic carbocycles. The molecule has 412 valence electrons. The molecule has 85 heavy (non-hydrogen) atoms. The third-order valence-electron chi connectivity index (χ3n) is 16.8. The second kappa shape index (κ2) is 22.3. The maximum absolute atomic E-state index is 11.1. The van der Waals surface area contributed by atoms with E-state index >= 15 is 0 Å². The third kappa shape index (κ3) is 8.86. The Morgan fingerprint density at radius 2 is 0.518 bits per heavy atom. The van der Waals surface area contributed by atoms with Gasteiger partial charge in [-0.25, -0.2) is 0 Å². The van der Waals surface area contributed by atoms with Gasteiger partial charge in [-0.2, -0.15) is 0 Å². The number of aliphatic hydroxyl groups is 2. The lowest BCUT2D eigenvalue weighted by Gasteiger charge is -2.35. The van der Waals surface area contributed by atoms with Crippen LogP contribution in [0, 0.1) is 0 Å². The molecule has 0 saturated heterocycles. The van der Waals surface area contributed by atoms with Gasteiger partial charge in [0.15, 0.2) is 0 Å². The summed E-state index contributed by atoms with van der Waals surface area (Å²) >= 11 is 0. The van der Waals surface area contributed by atoms with Crippen LogP contribution in [-0.4, -0.2) is 24.4 Å². The van der Waals surface area contributed by atoms with Crippen LogP contribution in [0.2, 0.25) is 0 Å². The van der Waals surface area contributed by atoms with Crippen LogP contribution in [0.4, 0.5) is 68.2 Å². The van der Waals surface area contributed by atoms with Crippen LogP contribution < -0.4 is 29.1 Å². The van der Waals surface area contributed by atoms with Crippen LogP contribution in [0.15, 0.2) is 291 Å². The second-order valence-electron chi connectivity index (χ2n) is 21.3. The van der Waals surface area contributed by atoms with Crippen LogP contribution in [-0.2, 0) is 18.6 Å². The van der Waals surface area contributed by atoms with Gasteiger partial charge in [0, 0.05) is 56.6 Å². The van der Waals surface area contributed by atoms with Crippen LogP contribution in [0.5, 0.6) is 11.5 Å². The molecule has 2 N–H and O–H groups in total. The number of rotatable bonds is 16. The van der Waals surface area contributed by atoms with E-state index < -0.39 is 5.41 Å². The summed E-state index contributed by atoms with van der Waals surface area (Å²) in [5.41, 5.74) is 20.6. The predicted molar refractivity (Wildman–Crippen MR) is 346 cm³/mol. The molecule has 8 heteroatoms. The zero-order valence-electron chi connectivity index (χ0n) is 47.1. The maximum Gasteiger partial charge on any atom is 0.142 e. The SMILES string of the molecule is COc1ccccc1N(c1ccccc1)c1ccc2c(c1)C1(c3cc(N(c4ccccc4)c4ccccc4CO)ccc3-2)c2cc(N(c3ccccc3)c3ccccc3CO)ccc2-c2ccc(N(c3ccccc3)c3ccccc3OC)cc21. The van der Waals surface area contributed by atoms with Gasteiger partial charge in [-0.15, -0.1) is 0 Å². The van der Waals surface area contributed by atoms with Crippen LogP contribution in [0.3, 0.4) is 0 Å². The standard InChI is InChI=1S/C77H60N4O4/c1-84-75-37-21-19-35-73(75)80(57-29-11-5-12-30-57)61-41-45-65-63-43-39-59(78(55-25-7-3-8-26-55)71-33-17-15-23-53(71)51-82)47-67(63)77(69(65)49-61)68-48-60(79(56-27-9-4-10-28-56)72-34-18-16-24-54(72)52-83)40-44-64(68)66-46-42-62(50-70(66)77)81(58-31-13-6-14-32-58)74-36-20-22-38-76(74)85-2/h3-50,82-83H,51-52H2,1-2H3. The molecule has 12 aromatic carbocycles. The summed E-state index contributed by atoms with van der Waals surface area (Å²) in [6.45, 7) is -0.277. The van der Waals surface area contributed by atoms with Crippen molar-refractivity contribution >= 4 is 68.2 Å². The van der Waals surface area contributed by atoms with E-state index in [9.17, 15) is 10.2 Å². The molecule has 0 heterocycles. The molecular weight excluding hydrogens is 1040 g/mol. The van der Waals surface area contributed by atoms with Crippen molar-refractivity contribution < 1.29 is 19.7 Å². The summed E-state index contributed by atoms with van der Waals surface area (Å²) < 4.78 is 12.4. The number of ether oxygens (including phenoxy) is 2. The van der Waals surface area contributed by atoms with Crippen LogP contribution >= 0.6 is 0 Å². The first-order chi connectivity index (χ1) is 42.0. The lowest BCUT2D eigenvalue weighted by atomic mass is 9.70. The van der Waals surface area contributed by atoms with E-state index in [-0.39, 0.29) is 13.2 Å². The van der Waals surface area contributed by atoms with E-state index in [0.717, 1.165) is 135 Å². The summed E-state index contributed by atoms with van der Waals surface area (Å²) in [6.07, 6.45) is 0. The Morgan fingerprint density at radius 1 is 0.271 bits per heavy atom. The number of nitrogens with zero attached hydrogens (tertiary/aromatic N) is 4. The normalized spacial score (nSPS) is 12.2. The van der Waals surface area contributed by atoms with Crippen molar-refractivity contribution in [3.8, 4) is 33.8 Å². The average molecular weight is 1110 g/mol. The fraction of sp³-hybridized carbons (Fsp3) is 0.0649. The van der Waals surface area contributed by atoms with Crippen molar-refractivity contribution in [3.05, 3.63) is 325 Å². The van der Waals surface area contributed by atoms with Crippen molar-refractivity contribution in [1.29, 1.82) is 0 Å². The van der Waals surface area contributed by atoms with Gasteiger partial charge in [0.25, 0.3) is 0 Å². The fourth-order valence-corrected chi connectivity index (χ4v) is 13.1. The molecule has 0 amide bonds. The van der Waals surface area contributed by atoms with Crippen LogP contribution in [0.25, 0.3) is 22.3 Å². The largest absolute Gasteiger partial charge is 0.495 e. The zero-order chi connectivity index (χ0) is 57.4. The lowest BCUT2D eigenvalue weighted by Crippen LogP contribution is -2.27. The molecule has 2 aliphatic rings. The molecule has 0 radical (unpaired) electrons. The Morgan fingerprint density at radius 3 is 0.800 bits per heavy atom. The van der Waals surface area contributed by atoms with Gasteiger partial charge in [-0.1, -0.05) is 158 Å². The third-order valence-corrected chi connectivity index (χ3v) is 16.8. The molecule has 12 aromatic rings. The smallest absolute Gasteiger partial charge is 0.142 e. The molecule has 1 spiro atoms. The van der Waals surface area contributed by atoms with Gasteiger partial charge < -0.3 is 39.3 Å². The molecule has 0 aliphatic heterocycles. The number of hydrogen-bond donors (Lipinski definition) is 2. The number of fused-ring (bicyclic) bond motifs is 10. The predicted octanol–water partition coefficient (Wildman–Crippen LogP) is 18.9. The van der Waals surface area contributed by atoms with Gasteiger partial charge in [0.05, 0.1) is 55.6 Å². The van der Waals surface area contributed by atoms with E-state index in [0.29, 0.717) is 0 Å². The van der Waals surface area contributed by atoms with Crippen LogP contribution in [0.1, 0.15) is 33.4 Å². The number of methoxy groups -OCH3 is 2. The summed E-state index contributed by atoms with van der Waals surface area (Å²) in [5, 5.41) is 22.1. The highest BCUT2D eigenvalue weighted by molar-refractivity contribution is 6.00. The minimum absolute atomic E-state index is 0.138. The Labute approximate surface area is 496 Å². The Balaban J connectivity index is 1.12. The topological polar surface area (TPSA) is 71.9 Å². The van der Waals surface area contributed by atoms with Crippen molar-refractivity contribution in [2.45, 2.75) is 18.6 Å². The molecule has 0 saturated carbocycles. The minimum Gasteiger partial charge on any atom is -0.495 e. The molecule has 0 unspecified atom stereocenters. The summed E-state index contributed by atoms with van der Waals surface area (Å²) in [4.78, 5) is 9.15. The number of para-hydroxylation sites is 10. The highest BCUT2D eigenvalue weighted by Crippen LogP contribution is 2.66. The zero-order valence-corrected chi connectivity index (χ0v) is 47.1. The van der Waals surface area contributed by atoms with Crippen molar-refractivity contribution in [2.24, 2.45) is 0 Å². The highest BCUT2D eigenvalue weighted by atomic mass is 16.5. The number of benzene rings is 12. The Bertz CT molecular complexity index is 3840. The molecule has 0 bridgehead atoms. The summed E-state index contributed by atoms with van der Waals surface area (Å²) in [5.74, 6) is 1.48. The van der Waals surface area contributed by atoms with E-state index in [4.69, 9.17) is 9.47 Å². The minimum atomic E-state index is -1.00. The van der Waals surface area contributed by atoms with E-state index in [1.54, 1.807) is 14.2 Å². The molecule has 14 rings (SSSR count). The van der Waals surface area contributed by atoms with Crippen molar-refractivity contribution in [3.63, 3.8) is 0 Å². The molecular formula is C77H60N4O4. The number of aliphatic hydroxyl groups excluding tert-OH is 2. The van der Waals surface area contributed by atoms with E-state index in [1.807, 2.05) is 72.8 Å². The quantitative estimate of drug-likeness (QED) is 0.0992. The summed E-state index contributed by atoms with van der Waals surface area (Å²) in [7, 11) is 3.46.